The van der Waals surface area contributed by atoms with Crippen LogP contribution in [0.15, 0.2) is 9.15 Å². The van der Waals surface area contributed by atoms with Gasteiger partial charge in [-0.05, 0) is 64.2 Å². The van der Waals surface area contributed by atoms with E-state index in [9.17, 15) is 0 Å². The third-order valence-corrected chi connectivity index (χ3v) is 4.52. The minimum atomic E-state index is 0.994. The lowest BCUT2D eigenvalue weighted by molar-refractivity contribution is 0.397. The van der Waals surface area contributed by atoms with Crippen LogP contribution in [-0.4, -0.2) is 0 Å². The van der Waals surface area contributed by atoms with Gasteiger partial charge in [-0.15, -0.1) is 0 Å². The molecule has 1 saturated carbocycles. The quantitative estimate of drug-likeness (QED) is 0.621. The summed E-state index contributed by atoms with van der Waals surface area (Å²) in [6.45, 7) is 0. The second kappa shape index (κ2) is 4.12. The molecule has 0 saturated heterocycles. The van der Waals surface area contributed by atoms with Gasteiger partial charge in [-0.3, -0.25) is 0 Å². The average Bonchev–Trinajstić information content (AvgIpc) is 2.53. The van der Waals surface area contributed by atoms with Gasteiger partial charge in [-0.1, -0.05) is 24.8 Å². The Morgan fingerprint density at radius 3 is 2.25 bits per heavy atom. The summed E-state index contributed by atoms with van der Waals surface area (Å²) in [4.78, 5) is 0. The molecule has 0 amide bonds. The maximum atomic E-state index is 2.58. The minimum Gasteiger partial charge on any atom is -0.0578 e. The molecule has 0 aliphatic heterocycles. The Bertz CT molecular complexity index is 187. The fourth-order valence-electron chi connectivity index (χ4n) is 2.61. The first-order valence-electron chi connectivity index (χ1n) is 5.25. The summed E-state index contributed by atoms with van der Waals surface area (Å²) in [6, 6.07) is 0. The number of rotatable bonds is 1. The molecule has 0 aromatic carbocycles. The Balaban J connectivity index is 2.02. The number of hydrogen-bond donors (Lipinski definition) is 0. The average molecular weight is 276 g/mol. The van der Waals surface area contributed by atoms with Crippen molar-refractivity contribution in [2.24, 2.45) is 5.92 Å². The van der Waals surface area contributed by atoms with E-state index in [1.54, 1.807) is 3.58 Å². The molecule has 2 aliphatic carbocycles. The third kappa shape index (κ3) is 1.86. The molecule has 2 aliphatic rings. The van der Waals surface area contributed by atoms with E-state index in [1.807, 2.05) is 5.57 Å². The van der Waals surface area contributed by atoms with E-state index >= 15 is 0 Å². The Hall–Kier alpha value is 0.470. The SMILES string of the molecule is IC1=C(C2CCCCC2)CCC1. The van der Waals surface area contributed by atoms with Crippen LogP contribution in [0.5, 0.6) is 0 Å². The van der Waals surface area contributed by atoms with Crippen LogP contribution in [0.2, 0.25) is 0 Å². The van der Waals surface area contributed by atoms with E-state index in [0.29, 0.717) is 0 Å². The monoisotopic (exact) mass is 276 g/mol. The lowest BCUT2D eigenvalue weighted by atomic mass is 9.83. The van der Waals surface area contributed by atoms with Gasteiger partial charge in [0.25, 0.3) is 0 Å². The molecule has 0 atom stereocenters. The number of halogens is 1. The fourth-order valence-corrected chi connectivity index (χ4v) is 3.70. The molecule has 0 spiro atoms. The van der Waals surface area contributed by atoms with Crippen molar-refractivity contribution in [2.75, 3.05) is 0 Å². The number of allylic oxidation sites excluding steroid dienone is 2. The van der Waals surface area contributed by atoms with Crippen LogP contribution < -0.4 is 0 Å². The molecule has 2 rings (SSSR count). The molecule has 1 fully saturated rings. The first kappa shape index (κ1) is 9.04. The van der Waals surface area contributed by atoms with Crippen LogP contribution in [-0.2, 0) is 0 Å². The summed E-state index contributed by atoms with van der Waals surface area (Å²) in [6.07, 6.45) is 11.7. The van der Waals surface area contributed by atoms with Crippen LogP contribution in [0.1, 0.15) is 51.4 Å². The predicted molar refractivity (Wildman–Crippen MR) is 61.5 cm³/mol. The molecular formula is C11H17I. The van der Waals surface area contributed by atoms with E-state index in [0.717, 1.165) is 5.92 Å². The summed E-state index contributed by atoms with van der Waals surface area (Å²) in [5.74, 6) is 0.994. The van der Waals surface area contributed by atoms with Crippen molar-refractivity contribution in [3.63, 3.8) is 0 Å². The normalized spacial score (nSPS) is 26.8. The van der Waals surface area contributed by atoms with E-state index in [-0.39, 0.29) is 0 Å². The molecule has 0 aromatic heterocycles. The van der Waals surface area contributed by atoms with Gasteiger partial charge < -0.3 is 0 Å². The van der Waals surface area contributed by atoms with Crippen molar-refractivity contribution in [1.29, 1.82) is 0 Å². The van der Waals surface area contributed by atoms with Crippen LogP contribution >= 0.6 is 22.6 Å². The topological polar surface area (TPSA) is 0 Å². The maximum absolute atomic E-state index is 2.58. The molecule has 0 N–H and O–H groups in total. The van der Waals surface area contributed by atoms with Crippen molar-refractivity contribution in [3.05, 3.63) is 9.15 Å². The zero-order valence-electron chi connectivity index (χ0n) is 7.61. The van der Waals surface area contributed by atoms with Crippen LogP contribution in [0.3, 0.4) is 0 Å². The second-order valence-electron chi connectivity index (χ2n) is 4.12. The highest BCUT2D eigenvalue weighted by atomic mass is 127. The standard InChI is InChI=1S/C11H17I/c12-11-8-4-7-10(11)9-5-2-1-3-6-9/h9H,1-8H2. The predicted octanol–water partition coefficient (Wildman–Crippen LogP) is 4.44. The van der Waals surface area contributed by atoms with Gasteiger partial charge in [0.2, 0.25) is 0 Å². The van der Waals surface area contributed by atoms with E-state index in [4.69, 9.17) is 0 Å². The lowest BCUT2D eigenvalue weighted by Gasteiger charge is -2.23. The van der Waals surface area contributed by atoms with E-state index in [2.05, 4.69) is 22.6 Å². The van der Waals surface area contributed by atoms with Gasteiger partial charge in [0.05, 0.1) is 0 Å². The molecule has 0 radical (unpaired) electrons. The maximum Gasteiger partial charge on any atom is -0.00991 e. The van der Waals surface area contributed by atoms with Crippen LogP contribution in [0.25, 0.3) is 0 Å². The van der Waals surface area contributed by atoms with Gasteiger partial charge in [0, 0.05) is 0 Å². The molecule has 1 heteroatoms. The minimum absolute atomic E-state index is 0.994. The third-order valence-electron chi connectivity index (χ3n) is 3.29. The van der Waals surface area contributed by atoms with Crippen molar-refractivity contribution in [2.45, 2.75) is 51.4 Å². The Morgan fingerprint density at radius 2 is 1.67 bits per heavy atom. The van der Waals surface area contributed by atoms with E-state index < -0.39 is 0 Å². The first-order valence-corrected chi connectivity index (χ1v) is 6.33. The molecule has 12 heavy (non-hydrogen) atoms. The molecule has 0 bridgehead atoms. The van der Waals surface area contributed by atoms with Crippen molar-refractivity contribution in [1.82, 2.24) is 0 Å². The highest BCUT2D eigenvalue weighted by molar-refractivity contribution is 14.1. The number of hydrogen-bond acceptors (Lipinski definition) is 0. The zero-order valence-corrected chi connectivity index (χ0v) is 9.77. The van der Waals surface area contributed by atoms with Gasteiger partial charge in [0.15, 0.2) is 0 Å². The van der Waals surface area contributed by atoms with E-state index in [1.165, 1.54) is 51.4 Å². The summed E-state index contributed by atoms with van der Waals surface area (Å²) in [7, 11) is 0. The summed E-state index contributed by atoms with van der Waals surface area (Å²) >= 11 is 2.58. The molecule has 0 aromatic rings. The van der Waals surface area contributed by atoms with Gasteiger partial charge in [0.1, 0.15) is 0 Å². The summed E-state index contributed by atoms with van der Waals surface area (Å²) < 4.78 is 1.71. The Morgan fingerprint density at radius 1 is 0.917 bits per heavy atom. The summed E-state index contributed by atoms with van der Waals surface area (Å²) in [5, 5.41) is 0. The second-order valence-corrected chi connectivity index (χ2v) is 5.42. The molecular weight excluding hydrogens is 259 g/mol. The molecule has 0 unspecified atom stereocenters. The summed E-state index contributed by atoms with van der Waals surface area (Å²) in [5.41, 5.74) is 1.84. The van der Waals surface area contributed by atoms with Crippen molar-refractivity contribution < 1.29 is 0 Å². The Labute approximate surface area is 88.9 Å². The van der Waals surface area contributed by atoms with Gasteiger partial charge in [-0.2, -0.15) is 0 Å². The van der Waals surface area contributed by atoms with Crippen molar-refractivity contribution >= 4 is 22.6 Å². The molecule has 68 valence electrons. The molecule has 0 heterocycles. The van der Waals surface area contributed by atoms with Gasteiger partial charge in [-0.25, -0.2) is 0 Å². The highest BCUT2D eigenvalue weighted by Crippen LogP contribution is 2.41. The fraction of sp³-hybridized carbons (Fsp3) is 0.818. The largest absolute Gasteiger partial charge is 0.0578 e. The Kier molecular flexibility index (Phi) is 3.10. The molecule has 0 nitrogen and oxygen atoms in total. The lowest BCUT2D eigenvalue weighted by Crippen LogP contribution is -2.08. The van der Waals surface area contributed by atoms with Crippen LogP contribution in [0, 0.1) is 5.92 Å². The zero-order chi connectivity index (χ0) is 8.39. The van der Waals surface area contributed by atoms with Gasteiger partial charge >= 0.3 is 0 Å². The highest BCUT2D eigenvalue weighted by Gasteiger charge is 2.22. The smallest absolute Gasteiger partial charge is 0.00991 e. The van der Waals surface area contributed by atoms with Crippen LogP contribution in [0.4, 0.5) is 0 Å². The van der Waals surface area contributed by atoms with Crippen molar-refractivity contribution in [3.8, 4) is 0 Å². The first-order chi connectivity index (χ1) is 5.88.